The maximum atomic E-state index is 12.2. The molecule has 2 aromatic rings. The highest BCUT2D eigenvalue weighted by atomic mass is 16.5. The van der Waals surface area contributed by atoms with E-state index in [4.69, 9.17) is 9.47 Å². The highest BCUT2D eigenvalue weighted by Gasteiger charge is 2.23. The van der Waals surface area contributed by atoms with Crippen molar-refractivity contribution in [2.45, 2.75) is 32.4 Å². The van der Waals surface area contributed by atoms with Crippen molar-refractivity contribution in [1.29, 1.82) is 0 Å². The van der Waals surface area contributed by atoms with Crippen molar-refractivity contribution in [3.8, 4) is 11.5 Å². The Labute approximate surface area is 166 Å². The number of rotatable bonds is 7. The zero-order valence-electron chi connectivity index (χ0n) is 16.4. The van der Waals surface area contributed by atoms with E-state index in [0.29, 0.717) is 25.5 Å². The topological polar surface area (TPSA) is 50.8 Å². The van der Waals surface area contributed by atoms with Crippen molar-refractivity contribution in [3.05, 3.63) is 59.2 Å². The Morgan fingerprint density at radius 2 is 1.89 bits per heavy atom. The molecule has 0 bridgehead atoms. The second-order valence-electron chi connectivity index (χ2n) is 7.72. The number of para-hydroxylation sites is 1. The lowest BCUT2D eigenvalue weighted by Gasteiger charge is -2.26. The van der Waals surface area contributed by atoms with E-state index in [1.54, 1.807) is 7.11 Å². The number of amides is 1. The molecule has 0 saturated heterocycles. The van der Waals surface area contributed by atoms with Crippen LogP contribution in [0.15, 0.2) is 42.5 Å². The van der Waals surface area contributed by atoms with Crippen molar-refractivity contribution in [2.75, 3.05) is 26.8 Å². The molecule has 0 spiro atoms. The molecule has 5 nitrogen and oxygen atoms in total. The second-order valence-corrected chi connectivity index (χ2v) is 7.72. The standard InChI is InChI=1S/C23H28N2O3/c1-27-21-9-4-8-18-12-17(16-28-23(18)21)13-24-22(26)10-5-11-25-14-19-6-2-3-7-20(19)15-25/h2-4,6-9,17H,5,10-16H2,1H3,(H,24,26)/t17-/m0/s1. The van der Waals surface area contributed by atoms with E-state index in [0.717, 1.165) is 49.5 Å². The Morgan fingerprint density at radius 1 is 1.14 bits per heavy atom. The normalized spacial score (nSPS) is 18.1. The van der Waals surface area contributed by atoms with Gasteiger partial charge in [-0.1, -0.05) is 36.4 Å². The minimum absolute atomic E-state index is 0.133. The summed E-state index contributed by atoms with van der Waals surface area (Å²) in [5, 5.41) is 3.09. The highest BCUT2D eigenvalue weighted by Crippen LogP contribution is 2.35. The minimum Gasteiger partial charge on any atom is -0.493 e. The number of methoxy groups -OCH3 is 1. The van der Waals surface area contributed by atoms with Crippen molar-refractivity contribution in [3.63, 3.8) is 0 Å². The van der Waals surface area contributed by atoms with Gasteiger partial charge in [-0.2, -0.15) is 0 Å². The fourth-order valence-corrected chi connectivity index (χ4v) is 4.12. The third-order valence-corrected chi connectivity index (χ3v) is 5.62. The highest BCUT2D eigenvalue weighted by molar-refractivity contribution is 5.75. The van der Waals surface area contributed by atoms with Crippen LogP contribution in [0.4, 0.5) is 0 Å². The zero-order chi connectivity index (χ0) is 19.3. The molecule has 1 amide bonds. The fourth-order valence-electron chi connectivity index (χ4n) is 4.12. The molecule has 2 aliphatic heterocycles. The summed E-state index contributed by atoms with van der Waals surface area (Å²) in [4.78, 5) is 14.6. The molecule has 0 saturated carbocycles. The lowest BCUT2D eigenvalue weighted by molar-refractivity contribution is -0.121. The van der Waals surface area contributed by atoms with E-state index >= 15 is 0 Å². The first kappa shape index (κ1) is 18.8. The van der Waals surface area contributed by atoms with Gasteiger partial charge in [0.2, 0.25) is 5.91 Å². The molecule has 0 radical (unpaired) electrons. The number of fused-ring (bicyclic) bond motifs is 2. The van der Waals surface area contributed by atoms with Crippen LogP contribution in [-0.4, -0.2) is 37.6 Å². The van der Waals surface area contributed by atoms with Crippen LogP contribution in [0.5, 0.6) is 11.5 Å². The predicted molar refractivity (Wildman–Crippen MR) is 108 cm³/mol. The summed E-state index contributed by atoms with van der Waals surface area (Å²) in [6, 6.07) is 14.6. The van der Waals surface area contributed by atoms with E-state index in [2.05, 4.69) is 40.5 Å². The first-order chi connectivity index (χ1) is 13.7. The molecule has 2 heterocycles. The lowest BCUT2D eigenvalue weighted by Crippen LogP contribution is -2.35. The Balaban J connectivity index is 1.16. The molecule has 148 valence electrons. The molecule has 28 heavy (non-hydrogen) atoms. The van der Waals surface area contributed by atoms with E-state index < -0.39 is 0 Å². The van der Waals surface area contributed by atoms with Crippen molar-refractivity contribution in [2.24, 2.45) is 5.92 Å². The molecule has 0 aromatic heterocycles. The van der Waals surface area contributed by atoms with Crippen LogP contribution >= 0.6 is 0 Å². The third-order valence-electron chi connectivity index (χ3n) is 5.62. The summed E-state index contributed by atoms with van der Waals surface area (Å²) in [6.45, 7) is 4.23. The Morgan fingerprint density at radius 3 is 2.64 bits per heavy atom. The van der Waals surface area contributed by atoms with E-state index in [9.17, 15) is 4.79 Å². The molecule has 1 N–H and O–H groups in total. The summed E-state index contributed by atoms with van der Waals surface area (Å²) in [5.74, 6) is 2.06. The van der Waals surface area contributed by atoms with Crippen LogP contribution in [-0.2, 0) is 24.3 Å². The Hall–Kier alpha value is -2.53. The smallest absolute Gasteiger partial charge is 0.220 e. The van der Waals surface area contributed by atoms with Crippen LogP contribution in [0, 0.1) is 5.92 Å². The van der Waals surface area contributed by atoms with Gasteiger partial charge >= 0.3 is 0 Å². The number of nitrogens with zero attached hydrogens (tertiary/aromatic N) is 1. The summed E-state index contributed by atoms with van der Waals surface area (Å²) in [6.07, 6.45) is 2.37. The molecule has 2 aliphatic rings. The zero-order valence-corrected chi connectivity index (χ0v) is 16.4. The monoisotopic (exact) mass is 380 g/mol. The maximum absolute atomic E-state index is 12.2. The van der Waals surface area contributed by atoms with Crippen molar-refractivity contribution < 1.29 is 14.3 Å². The number of hydrogen-bond acceptors (Lipinski definition) is 4. The quantitative estimate of drug-likeness (QED) is 0.802. The number of benzene rings is 2. The molecule has 2 aromatic carbocycles. The van der Waals surface area contributed by atoms with E-state index in [-0.39, 0.29) is 5.91 Å². The number of hydrogen-bond donors (Lipinski definition) is 1. The Kier molecular flexibility index (Phi) is 5.81. The van der Waals surface area contributed by atoms with Crippen molar-refractivity contribution >= 4 is 5.91 Å². The van der Waals surface area contributed by atoms with Gasteiger partial charge in [0.1, 0.15) is 0 Å². The van der Waals surface area contributed by atoms with Gasteiger partial charge in [-0.3, -0.25) is 9.69 Å². The average Bonchev–Trinajstić information content (AvgIpc) is 3.14. The van der Waals surface area contributed by atoms with Gasteiger partial charge < -0.3 is 14.8 Å². The number of nitrogens with one attached hydrogen (secondary N) is 1. The third kappa shape index (κ3) is 4.30. The van der Waals surface area contributed by atoms with Gasteiger partial charge in [0.15, 0.2) is 11.5 Å². The number of carbonyl (C=O) groups is 1. The van der Waals surface area contributed by atoms with Gasteiger partial charge in [0, 0.05) is 32.0 Å². The fraction of sp³-hybridized carbons (Fsp3) is 0.435. The van der Waals surface area contributed by atoms with E-state index in [1.165, 1.54) is 11.1 Å². The molecule has 5 heteroatoms. The predicted octanol–water partition coefficient (Wildman–Crippen LogP) is 3.16. The minimum atomic E-state index is 0.133. The van der Waals surface area contributed by atoms with Crippen LogP contribution in [0.3, 0.4) is 0 Å². The van der Waals surface area contributed by atoms with Crippen LogP contribution in [0.25, 0.3) is 0 Å². The molecule has 0 unspecified atom stereocenters. The van der Waals surface area contributed by atoms with E-state index in [1.807, 2.05) is 12.1 Å². The molecule has 0 aliphatic carbocycles. The summed E-state index contributed by atoms with van der Waals surface area (Å²) >= 11 is 0. The largest absolute Gasteiger partial charge is 0.493 e. The molecular weight excluding hydrogens is 352 g/mol. The Bertz CT molecular complexity index is 811. The van der Waals surface area contributed by atoms with Crippen LogP contribution in [0.1, 0.15) is 29.5 Å². The first-order valence-corrected chi connectivity index (χ1v) is 10.1. The summed E-state index contributed by atoms with van der Waals surface area (Å²) < 4.78 is 11.2. The van der Waals surface area contributed by atoms with Gasteiger partial charge in [-0.05, 0) is 42.1 Å². The number of carbonyl (C=O) groups excluding carboxylic acids is 1. The van der Waals surface area contributed by atoms with Crippen molar-refractivity contribution in [1.82, 2.24) is 10.2 Å². The SMILES string of the molecule is COc1cccc2c1OC[C@H](CNC(=O)CCCN1Cc3ccccc3C1)C2. The second kappa shape index (κ2) is 8.65. The molecule has 0 fully saturated rings. The molecule has 1 atom stereocenters. The van der Waals surface area contributed by atoms with Gasteiger partial charge in [0.05, 0.1) is 13.7 Å². The molecular formula is C23H28N2O3. The van der Waals surface area contributed by atoms with Gasteiger partial charge in [0.25, 0.3) is 0 Å². The summed E-state index contributed by atoms with van der Waals surface area (Å²) in [7, 11) is 1.66. The average molecular weight is 380 g/mol. The van der Waals surface area contributed by atoms with Gasteiger partial charge in [-0.15, -0.1) is 0 Å². The molecule has 4 rings (SSSR count). The van der Waals surface area contributed by atoms with Crippen LogP contribution in [0.2, 0.25) is 0 Å². The maximum Gasteiger partial charge on any atom is 0.220 e. The first-order valence-electron chi connectivity index (χ1n) is 10.1. The number of ether oxygens (including phenoxy) is 2. The lowest BCUT2D eigenvalue weighted by atomic mass is 9.96. The summed E-state index contributed by atoms with van der Waals surface area (Å²) in [5.41, 5.74) is 3.99. The van der Waals surface area contributed by atoms with Crippen LogP contribution < -0.4 is 14.8 Å². The van der Waals surface area contributed by atoms with Gasteiger partial charge in [-0.25, -0.2) is 0 Å².